The lowest BCUT2D eigenvalue weighted by Crippen LogP contribution is -1.84. The van der Waals surface area contributed by atoms with Crippen molar-refractivity contribution in [1.82, 2.24) is 4.98 Å². The number of benzene rings is 1. The number of hydrogen-bond acceptors (Lipinski definition) is 2. The Morgan fingerprint density at radius 3 is 2.59 bits per heavy atom. The van der Waals surface area contributed by atoms with E-state index < -0.39 is 0 Å². The monoisotopic (exact) mass is 347 g/mol. The van der Waals surface area contributed by atoms with Crippen LogP contribution in [0.3, 0.4) is 0 Å². The lowest BCUT2D eigenvalue weighted by molar-refractivity contribution is 1.08. The molecule has 2 rings (SSSR count). The zero-order chi connectivity index (χ0) is 12.4. The maximum Gasteiger partial charge on any atom is 0.115 e. The minimum atomic E-state index is 0.555. The van der Waals surface area contributed by atoms with E-state index in [1.165, 1.54) is 0 Å². The van der Waals surface area contributed by atoms with Crippen LogP contribution in [0.2, 0.25) is 10.0 Å². The number of aromatic nitrogens is 1. The van der Waals surface area contributed by atoms with Gasteiger partial charge in [0, 0.05) is 11.1 Å². The largest absolute Gasteiger partial charge is 0.248 e. The number of nitrogens with zero attached hydrogens (tertiary/aromatic N) is 1. The Morgan fingerprint density at radius 1 is 1.18 bits per heavy atom. The lowest BCUT2D eigenvalue weighted by Gasteiger charge is -2.05. The van der Waals surface area contributed by atoms with Crippen LogP contribution in [-0.4, -0.2) is 4.98 Å². The van der Waals surface area contributed by atoms with Crippen LogP contribution >= 0.6 is 50.9 Å². The van der Waals surface area contributed by atoms with E-state index in [9.17, 15) is 0 Å². The van der Waals surface area contributed by atoms with E-state index in [-0.39, 0.29) is 0 Å². The summed E-state index contributed by atoms with van der Waals surface area (Å²) in [6.07, 6.45) is 1.84. The molecule has 0 saturated heterocycles. The van der Waals surface area contributed by atoms with Gasteiger partial charge in [-0.2, -0.15) is 0 Å². The Morgan fingerprint density at radius 2 is 1.94 bits per heavy atom. The molecule has 0 saturated carbocycles. The van der Waals surface area contributed by atoms with Crippen molar-refractivity contribution < 1.29 is 0 Å². The molecule has 2 aromatic rings. The van der Waals surface area contributed by atoms with Crippen molar-refractivity contribution in [3.05, 3.63) is 50.5 Å². The molecule has 0 bridgehead atoms. The predicted octanol–water partition coefficient (Wildman–Crippen LogP) is 5.61. The van der Waals surface area contributed by atoms with E-state index in [1.54, 1.807) is 17.8 Å². The third-order valence-electron chi connectivity index (χ3n) is 2.05. The fraction of sp³-hybridized carbons (Fsp3) is 0.0833. The van der Waals surface area contributed by atoms with Gasteiger partial charge in [0.15, 0.2) is 0 Å². The van der Waals surface area contributed by atoms with Crippen LogP contribution in [0.1, 0.15) is 5.56 Å². The van der Waals surface area contributed by atoms with Gasteiger partial charge in [-0.3, -0.25) is 0 Å². The van der Waals surface area contributed by atoms with Gasteiger partial charge in [-0.15, -0.1) is 0 Å². The van der Waals surface area contributed by atoms with Crippen LogP contribution in [-0.2, 0) is 0 Å². The molecule has 0 radical (unpaired) electrons. The molecule has 0 amide bonds. The second kappa shape index (κ2) is 5.61. The first-order valence-electron chi connectivity index (χ1n) is 4.81. The number of aryl methyl sites for hydroxylation is 1. The first kappa shape index (κ1) is 13.2. The summed E-state index contributed by atoms with van der Waals surface area (Å²) in [4.78, 5) is 5.38. The van der Waals surface area contributed by atoms with Gasteiger partial charge in [0.05, 0.1) is 14.5 Å². The highest BCUT2D eigenvalue weighted by atomic mass is 79.9. The zero-order valence-electron chi connectivity index (χ0n) is 8.88. The quantitative estimate of drug-likeness (QED) is 0.699. The number of hydrogen-bond donors (Lipinski definition) is 0. The molecule has 0 aliphatic heterocycles. The second-order valence-corrected chi connectivity index (χ2v) is 6.21. The van der Waals surface area contributed by atoms with Gasteiger partial charge >= 0.3 is 0 Å². The highest BCUT2D eigenvalue weighted by molar-refractivity contribution is 9.10. The molecule has 1 aromatic carbocycles. The summed E-state index contributed by atoms with van der Waals surface area (Å²) >= 11 is 16.9. The van der Waals surface area contributed by atoms with Gasteiger partial charge in [0.2, 0.25) is 0 Å². The Balaban J connectivity index is 2.28. The standard InChI is InChI=1S/C12H8BrCl2NS/c1-7-4-9(13)12(16-6-7)17-8-2-3-10(14)11(15)5-8/h2-6H,1H3. The molecule has 0 aliphatic rings. The van der Waals surface area contributed by atoms with Crippen LogP contribution < -0.4 is 0 Å². The molecule has 1 nitrogen and oxygen atoms in total. The highest BCUT2D eigenvalue weighted by Gasteiger charge is 2.06. The highest BCUT2D eigenvalue weighted by Crippen LogP contribution is 2.35. The van der Waals surface area contributed by atoms with Crippen LogP contribution in [0.4, 0.5) is 0 Å². The number of halogens is 3. The lowest BCUT2D eigenvalue weighted by atomic mass is 10.3. The molecule has 0 spiro atoms. The van der Waals surface area contributed by atoms with E-state index in [1.807, 2.05) is 31.3 Å². The third-order valence-corrected chi connectivity index (χ3v) is 4.66. The first-order valence-corrected chi connectivity index (χ1v) is 7.18. The van der Waals surface area contributed by atoms with Crippen molar-refractivity contribution in [1.29, 1.82) is 0 Å². The minimum absolute atomic E-state index is 0.555. The van der Waals surface area contributed by atoms with Gasteiger partial charge in [-0.25, -0.2) is 4.98 Å². The average molecular weight is 349 g/mol. The van der Waals surface area contributed by atoms with Crippen molar-refractivity contribution in [2.45, 2.75) is 16.8 Å². The smallest absolute Gasteiger partial charge is 0.115 e. The summed E-state index contributed by atoms with van der Waals surface area (Å²) in [7, 11) is 0. The van der Waals surface area contributed by atoms with Crippen LogP contribution in [0.25, 0.3) is 0 Å². The molecule has 0 unspecified atom stereocenters. The van der Waals surface area contributed by atoms with Gasteiger partial charge in [-0.1, -0.05) is 35.0 Å². The molecule has 1 heterocycles. The average Bonchev–Trinajstić information content (AvgIpc) is 2.27. The summed E-state index contributed by atoms with van der Waals surface area (Å²) < 4.78 is 0.980. The molecule has 0 aliphatic carbocycles. The molecule has 0 N–H and O–H groups in total. The number of pyridine rings is 1. The predicted molar refractivity (Wildman–Crippen MR) is 77.3 cm³/mol. The fourth-order valence-corrected chi connectivity index (χ4v) is 3.12. The summed E-state index contributed by atoms with van der Waals surface area (Å²) in [6.45, 7) is 2.01. The fourth-order valence-electron chi connectivity index (χ4n) is 1.25. The molecule has 0 atom stereocenters. The molecular weight excluding hydrogens is 341 g/mol. The third kappa shape index (κ3) is 3.38. The molecule has 17 heavy (non-hydrogen) atoms. The normalized spacial score (nSPS) is 10.6. The van der Waals surface area contributed by atoms with Gasteiger partial charge in [0.1, 0.15) is 5.03 Å². The molecule has 0 fully saturated rings. The van der Waals surface area contributed by atoms with Crippen LogP contribution in [0.15, 0.2) is 44.9 Å². The summed E-state index contributed by atoms with van der Waals surface area (Å²) in [6, 6.07) is 7.58. The Kier molecular flexibility index (Phi) is 4.36. The van der Waals surface area contributed by atoms with Crippen molar-refractivity contribution >= 4 is 50.9 Å². The molecule has 5 heteroatoms. The zero-order valence-corrected chi connectivity index (χ0v) is 12.8. The van der Waals surface area contributed by atoms with Crippen molar-refractivity contribution in [3.8, 4) is 0 Å². The maximum atomic E-state index is 5.97. The first-order chi connectivity index (χ1) is 8.06. The van der Waals surface area contributed by atoms with E-state index in [0.29, 0.717) is 10.0 Å². The second-order valence-electron chi connectivity index (χ2n) is 3.48. The SMILES string of the molecule is Cc1cnc(Sc2ccc(Cl)c(Cl)c2)c(Br)c1. The summed E-state index contributed by atoms with van der Waals surface area (Å²) in [5.41, 5.74) is 1.12. The summed E-state index contributed by atoms with van der Waals surface area (Å²) in [5, 5.41) is 2.03. The Bertz CT molecular complexity index is 560. The minimum Gasteiger partial charge on any atom is -0.248 e. The Labute approximate surface area is 123 Å². The van der Waals surface area contributed by atoms with E-state index in [4.69, 9.17) is 23.2 Å². The molecular formula is C12H8BrCl2NS. The summed E-state index contributed by atoms with van der Waals surface area (Å²) in [5.74, 6) is 0. The van der Waals surface area contributed by atoms with Crippen LogP contribution in [0.5, 0.6) is 0 Å². The molecule has 1 aromatic heterocycles. The number of rotatable bonds is 2. The van der Waals surface area contributed by atoms with Crippen LogP contribution in [0, 0.1) is 6.92 Å². The van der Waals surface area contributed by atoms with Crippen molar-refractivity contribution in [2.24, 2.45) is 0 Å². The van der Waals surface area contributed by atoms with Crippen molar-refractivity contribution in [3.63, 3.8) is 0 Å². The van der Waals surface area contributed by atoms with E-state index in [0.717, 1.165) is 20.0 Å². The van der Waals surface area contributed by atoms with Crippen molar-refractivity contribution in [2.75, 3.05) is 0 Å². The molecule has 88 valence electrons. The topological polar surface area (TPSA) is 12.9 Å². The van der Waals surface area contributed by atoms with Gasteiger partial charge < -0.3 is 0 Å². The van der Waals surface area contributed by atoms with Gasteiger partial charge in [-0.05, 0) is 52.7 Å². The van der Waals surface area contributed by atoms with E-state index >= 15 is 0 Å². The maximum absolute atomic E-state index is 5.97. The van der Waals surface area contributed by atoms with E-state index in [2.05, 4.69) is 20.9 Å². The Hall–Kier alpha value is -0.220. The van der Waals surface area contributed by atoms with Gasteiger partial charge in [0.25, 0.3) is 0 Å².